The molecule has 0 amide bonds. The Morgan fingerprint density at radius 3 is 2.80 bits per heavy atom. The molecule has 15 heavy (non-hydrogen) atoms. The number of hydrogen-bond acceptors (Lipinski definition) is 2. The van der Waals surface area contributed by atoms with Crippen LogP contribution in [0.4, 0.5) is 5.69 Å². The molecule has 2 nitrogen and oxygen atoms in total. The second-order valence-corrected chi connectivity index (χ2v) is 4.49. The lowest BCUT2D eigenvalue weighted by Crippen LogP contribution is -2.14. The number of benzene rings is 1. The van der Waals surface area contributed by atoms with Gasteiger partial charge in [-0.1, -0.05) is 13.3 Å². The van der Waals surface area contributed by atoms with E-state index in [4.69, 9.17) is 5.26 Å². The van der Waals surface area contributed by atoms with Gasteiger partial charge in [0.25, 0.3) is 0 Å². The largest absolute Gasteiger partial charge is 0.382 e. The number of nitriles is 1. The van der Waals surface area contributed by atoms with E-state index in [2.05, 4.69) is 41.2 Å². The van der Waals surface area contributed by atoms with Gasteiger partial charge in [0.1, 0.15) is 0 Å². The Hall–Kier alpha value is -1.01. The average Bonchev–Trinajstić information content (AvgIpc) is 2.21. The van der Waals surface area contributed by atoms with Crippen molar-refractivity contribution in [2.24, 2.45) is 0 Å². The van der Waals surface area contributed by atoms with Crippen LogP contribution < -0.4 is 5.32 Å². The smallest absolute Gasteiger partial charge is 0.0992 e. The number of rotatable bonds is 4. The van der Waals surface area contributed by atoms with Gasteiger partial charge in [0.2, 0.25) is 0 Å². The van der Waals surface area contributed by atoms with Crippen LogP contribution in [0.5, 0.6) is 0 Å². The van der Waals surface area contributed by atoms with Gasteiger partial charge in [0.05, 0.1) is 11.6 Å². The van der Waals surface area contributed by atoms with Gasteiger partial charge in [-0.15, -0.1) is 0 Å². The summed E-state index contributed by atoms with van der Waals surface area (Å²) in [6.07, 6.45) is 2.31. The third kappa shape index (κ3) is 3.56. The molecule has 0 saturated heterocycles. The summed E-state index contributed by atoms with van der Waals surface area (Å²) in [6, 6.07) is 8.17. The first-order chi connectivity index (χ1) is 7.17. The zero-order chi connectivity index (χ0) is 11.3. The lowest BCUT2D eigenvalue weighted by atomic mass is 10.1. The van der Waals surface area contributed by atoms with Gasteiger partial charge in [0, 0.05) is 16.2 Å². The summed E-state index contributed by atoms with van der Waals surface area (Å²) in [4.78, 5) is 0. The van der Waals surface area contributed by atoms with Crippen molar-refractivity contribution in [3.63, 3.8) is 0 Å². The Morgan fingerprint density at radius 2 is 2.27 bits per heavy atom. The Bertz CT molecular complexity index is 368. The lowest BCUT2D eigenvalue weighted by molar-refractivity contribution is 0.690. The standard InChI is InChI=1S/C12H15BrN2/c1-3-4-9(2)15-12-6-5-10(8-14)7-11(12)13/h5-7,9,15H,3-4H2,1-2H3. The summed E-state index contributed by atoms with van der Waals surface area (Å²) in [5.74, 6) is 0. The van der Waals surface area contributed by atoms with Gasteiger partial charge in [-0.2, -0.15) is 5.26 Å². The molecule has 3 heteroatoms. The van der Waals surface area contributed by atoms with Crippen LogP contribution in [0.2, 0.25) is 0 Å². The van der Waals surface area contributed by atoms with Crippen LogP contribution >= 0.6 is 15.9 Å². The minimum absolute atomic E-state index is 0.458. The molecule has 0 spiro atoms. The van der Waals surface area contributed by atoms with Crippen LogP contribution in [0.15, 0.2) is 22.7 Å². The highest BCUT2D eigenvalue weighted by atomic mass is 79.9. The van der Waals surface area contributed by atoms with Crippen LogP contribution in [-0.2, 0) is 0 Å². The molecule has 0 bridgehead atoms. The molecule has 0 aliphatic heterocycles. The van der Waals surface area contributed by atoms with E-state index < -0.39 is 0 Å². The molecular formula is C12H15BrN2. The molecule has 1 unspecified atom stereocenters. The van der Waals surface area contributed by atoms with E-state index in [-0.39, 0.29) is 0 Å². The quantitative estimate of drug-likeness (QED) is 0.897. The average molecular weight is 267 g/mol. The van der Waals surface area contributed by atoms with E-state index in [9.17, 15) is 0 Å². The molecule has 0 aromatic heterocycles. The van der Waals surface area contributed by atoms with Gasteiger partial charge < -0.3 is 5.32 Å². The molecule has 80 valence electrons. The van der Waals surface area contributed by atoms with Crippen LogP contribution in [-0.4, -0.2) is 6.04 Å². The van der Waals surface area contributed by atoms with Gasteiger partial charge in [-0.25, -0.2) is 0 Å². The molecule has 0 heterocycles. The van der Waals surface area contributed by atoms with Gasteiger partial charge >= 0.3 is 0 Å². The van der Waals surface area contributed by atoms with E-state index in [0.29, 0.717) is 11.6 Å². The Labute approximate surface area is 99.4 Å². The zero-order valence-electron chi connectivity index (χ0n) is 9.05. The summed E-state index contributed by atoms with van der Waals surface area (Å²) in [6.45, 7) is 4.33. The molecule has 0 aliphatic rings. The normalized spacial score (nSPS) is 11.9. The maximum Gasteiger partial charge on any atom is 0.0992 e. The lowest BCUT2D eigenvalue weighted by Gasteiger charge is -2.15. The fourth-order valence-corrected chi connectivity index (χ4v) is 1.97. The molecule has 0 aliphatic carbocycles. The van der Waals surface area contributed by atoms with Crippen LogP contribution in [0.1, 0.15) is 32.3 Å². The Balaban J connectivity index is 2.74. The van der Waals surface area contributed by atoms with Crippen LogP contribution in [0, 0.1) is 11.3 Å². The number of anilines is 1. The number of hydrogen-bond donors (Lipinski definition) is 1. The van der Waals surface area contributed by atoms with Crippen molar-refractivity contribution in [1.29, 1.82) is 5.26 Å². The summed E-state index contributed by atoms with van der Waals surface area (Å²) in [5, 5.41) is 12.1. The molecule has 1 N–H and O–H groups in total. The minimum atomic E-state index is 0.458. The second-order valence-electron chi connectivity index (χ2n) is 3.64. The van der Waals surface area contributed by atoms with Crippen LogP contribution in [0.3, 0.4) is 0 Å². The van der Waals surface area contributed by atoms with Crippen molar-refractivity contribution in [3.8, 4) is 6.07 Å². The van der Waals surface area contributed by atoms with E-state index >= 15 is 0 Å². The van der Waals surface area contributed by atoms with Gasteiger partial charge in [-0.3, -0.25) is 0 Å². The van der Waals surface area contributed by atoms with Gasteiger partial charge in [-0.05, 0) is 47.5 Å². The van der Waals surface area contributed by atoms with Gasteiger partial charge in [0.15, 0.2) is 0 Å². The third-order valence-corrected chi connectivity index (χ3v) is 2.88. The van der Waals surface area contributed by atoms with E-state index in [1.807, 2.05) is 18.2 Å². The molecular weight excluding hydrogens is 252 g/mol. The van der Waals surface area contributed by atoms with Crippen molar-refractivity contribution in [2.45, 2.75) is 32.7 Å². The number of halogens is 1. The maximum absolute atomic E-state index is 8.73. The monoisotopic (exact) mass is 266 g/mol. The minimum Gasteiger partial charge on any atom is -0.382 e. The SMILES string of the molecule is CCCC(C)Nc1ccc(C#N)cc1Br. The molecule has 1 aromatic carbocycles. The zero-order valence-corrected chi connectivity index (χ0v) is 10.6. The first-order valence-electron chi connectivity index (χ1n) is 5.13. The molecule has 0 radical (unpaired) electrons. The highest BCUT2D eigenvalue weighted by Gasteiger charge is 2.04. The maximum atomic E-state index is 8.73. The van der Waals surface area contributed by atoms with Crippen LogP contribution in [0.25, 0.3) is 0 Å². The van der Waals surface area contributed by atoms with E-state index in [1.165, 1.54) is 6.42 Å². The first-order valence-corrected chi connectivity index (χ1v) is 5.93. The third-order valence-electron chi connectivity index (χ3n) is 2.22. The Kier molecular flexibility index (Phi) is 4.64. The summed E-state index contributed by atoms with van der Waals surface area (Å²) in [5.41, 5.74) is 1.73. The molecule has 1 aromatic rings. The van der Waals surface area contributed by atoms with Crippen molar-refractivity contribution < 1.29 is 0 Å². The summed E-state index contributed by atoms with van der Waals surface area (Å²) >= 11 is 3.45. The highest BCUT2D eigenvalue weighted by molar-refractivity contribution is 9.10. The summed E-state index contributed by atoms with van der Waals surface area (Å²) < 4.78 is 0.949. The van der Waals surface area contributed by atoms with E-state index in [0.717, 1.165) is 16.6 Å². The number of nitrogens with zero attached hydrogens (tertiary/aromatic N) is 1. The fourth-order valence-electron chi connectivity index (χ4n) is 1.47. The number of nitrogens with one attached hydrogen (secondary N) is 1. The first kappa shape index (κ1) is 12.1. The highest BCUT2D eigenvalue weighted by Crippen LogP contribution is 2.24. The topological polar surface area (TPSA) is 35.8 Å². The molecule has 0 fully saturated rings. The molecule has 1 atom stereocenters. The second kappa shape index (κ2) is 5.77. The van der Waals surface area contributed by atoms with Crippen molar-refractivity contribution in [1.82, 2.24) is 0 Å². The van der Waals surface area contributed by atoms with E-state index in [1.54, 1.807) is 0 Å². The van der Waals surface area contributed by atoms with Crippen molar-refractivity contribution in [3.05, 3.63) is 28.2 Å². The predicted octanol–water partition coefficient (Wildman–Crippen LogP) is 3.92. The predicted molar refractivity (Wildman–Crippen MR) is 66.8 cm³/mol. The van der Waals surface area contributed by atoms with Crippen molar-refractivity contribution in [2.75, 3.05) is 5.32 Å². The molecule has 0 saturated carbocycles. The summed E-state index contributed by atoms with van der Waals surface area (Å²) in [7, 11) is 0. The Morgan fingerprint density at radius 1 is 1.53 bits per heavy atom. The fraction of sp³-hybridized carbons (Fsp3) is 0.417. The van der Waals surface area contributed by atoms with Crippen molar-refractivity contribution >= 4 is 21.6 Å². The molecule has 1 rings (SSSR count).